The Kier molecular flexibility index (Phi) is 6.41. The SMILES string of the molecule is O=C(CCc1ncc(-c2ccc(Cl)cc2)o1)N1CCN(S(=O)(=O)c2ccccc2)CC1. The summed E-state index contributed by atoms with van der Waals surface area (Å²) < 4.78 is 32.6. The Labute approximate surface area is 186 Å². The molecule has 1 aromatic heterocycles. The zero-order chi connectivity index (χ0) is 21.8. The van der Waals surface area contributed by atoms with E-state index in [1.807, 2.05) is 12.1 Å². The lowest BCUT2D eigenvalue weighted by molar-refractivity contribution is -0.132. The molecule has 1 aliphatic heterocycles. The maximum atomic E-state index is 12.7. The van der Waals surface area contributed by atoms with E-state index >= 15 is 0 Å². The number of halogens is 1. The van der Waals surface area contributed by atoms with Gasteiger partial charge in [0.05, 0.1) is 11.1 Å². The van der Waals surface area contributed by atoms with Crippen LogP contribution in [0.25, 0.3) is 11.3 Å². The summed E-state index contributed by atoms with van der Waals surface area (Å²) in [4.78, 5) is 18.8. The summed E-state index contributed by atoms with van der Waals surface area (Å²) >= 11 is 5.90. The Morgan fingerprint density at radius 1 is 1.00 bits per heavy atom. The Balaban J connectivity index is 1.29. The smallest absolute Gasteiger partial charge is 0.243 e. The van der Waals surface area contributed by atoms with Crippen LogP contribution in [0.2, 0.25) is 5.02 Å². The monoisotopic (exact) mass is 459 g/mol. The molecule has 0 saturated carbocycles. The molecule has 1 aliphatic rings. The Hall–Kier alpha value is -2.68. The molecular weight excluding hydrogens is 438 g/mol. The lowest BCUT2D eigenvalue weighted by Gasteiger charge is -2.34. The second-order valence-electron chi connectivity index (χ2n) is 7.22. The molecule has 2 heterocycles. The van der Waals surface area contributed by atoms with Crippen LogP contribution in [0.1, 0.15) is 12.3 Å². The van der Waals surface area contributed by atoms with Crippen LogP contribution < -0.4 is 0 Å². The van der Waals surface area contributed by atoms with Gasteiger partial charge in [-0.1, -0.05) is 29.8 Å². The van der Waals surface area contributed by atoms with Gasteiger partial charge < -0.3 is 9.32 Å². The number of hydrogen-bond donors (Lipinski definition) is 0. The van der Waals surface area contributed by atoms with Gasteiger partial charge in [-0.15, -0.1) is 0 Å². The highest BCUT2D eigenvalue weighted by molar-refractivity contribution is 7.89. The summed E-state index contributed by atoms with van der Waals surface area (Å²) in [6, 6.07) is 15.6. The maximum absolute atomic E-state index is 12.7. The average Bonchev–Trinajstić information content (AvgIpc) is 3.28. The lowest BCUT2D eigenvalue weighted by atomic mass is 10.2. The molecule has 0 radical (unpaired) electrons. The van der Waals surface area contributed by atoms with Crippen LogP contribution in [0.15, 0.2) is 70.1 Å². The third-order valence-electron chi connectivity index (χ3n) is 5.21. The van der Waals surface area contributed by atoms with Crippen molar-refractivity contribution in [3.63, 3.8) is 0 Å². The quantitative estimate of drug-likeness (QED) is 0.563. The van der Waals surface area contributed by atoms with Gasteiger partial charge >= 0.3 is 0 Å². The summed E-state index contributed by atoms with van der Waals surface area (Å²) in [6.07, 6.45) is 2.28. The van der Waals surface area contributed by atoms with Gasteiger partial charge in [0.15, 0.2) is 11.7 Å². The first kappa shape index (κ1) is 21.5. The molecule has 0 N–H and O–H groups in total. The first-order valence-corrected chi connectivity index (χ1v) is 11.8. The first-order valence-electron chi connectivity index (χ1n) is 9.97. The number of sulfonamides is 1. The number of rotatable bonds is 6. The van der Waals surface area contributed by atoms with Gasteiger partial charge in [0.25, 0.3) is 0 Å². The van der Waals surface area contributed by atoms with Gasteiger partial charge in [0.1, 0.15) is 0 Å². The molecule has 0 bridgehead atoms. The zero-order valence-electron chi connectivity index (χ0n) is 16.8. The predicted octanol–water partition coefficient (Wildman–Crippen LogP) is 3.46. The van der Waals surface area contributed by atoms with Crippen molar-refractivity contribution < 1.29 is 17.6 Å². The molecule has 162 valence electrons. The van der Waals surface area contributed by atoms with Crippen LogP contribution in [0.5, 0.6) is 0 Å². The summed E-state index contributed by atoms with van der Waals surface area (Å²) in [5.74, 6) is 1.07. The third kappa shape index (κ3) is 4.98. The van der Waals surface area contributed by atoms with Crippen molar-refractivity contribution in [1.82, 2.24) is 14.2 Å². The van der Waals surface area contributed by atoms with Gasteiger partial charge in [-0.05, 0) is 36.4 Å². The van der Waals surface area contributed by atoms with Crippen LogP contribution >= 0.6 is 11.6 Å². The molecule has 31 heavy (non-hydrogen) atoms. The molecule has 9 heteroatoms. The predicted molar refractivity (Wildman–Crippen MR) is 117 cm³/mol. The van der Waals surface area contributed by atoms with E-state index in [0.29, 0.717) is 36.2 Å². The highest BCUT2D eigenvalue weighted by atomic mass is 35.5. The second kappa shape index (κ2) is 9.21. The number of carbonyl (C=O) groups excluding carboxylic acids is 1. The van der Waals surface area contributed by atoms with E-state index in [1.54, 1.807) is 53.6 Å². The molecule has 0 unspecified atom stereocenters. The number of aromatic nitrogens is 1. The number of aryl methyl sites for hydroxylation is 1. The third-order valence-corrected chi connectivity index (χ3v) is 7.37. The molecule has 0 atom stereocenters. The van der Waals surface area contributed by atoms with Crippen LogP contribution in [-0.2, 0) is 21.2 Å². The second-order valence-corrected chi connectivity index (χ2v) is 9.60. The minimum absolute atomic E-state index is 0.0389. The van der Waals surface area contributed by atoms with E-state index in [9.17, 15) is 13.2 Å². The van der Waals surface area contributed by atoms with Gasteiger partial charge in [-0.2, -0.15) is 4.31 Å². The van der Waals surface area contributed by atoms with Crippen molar-refractivity contribution in [2.45, 2.75) is 17.7 Å². The number of amides is 1. The Morgan fingerprint density at radius 2 is 1.68 bits per heavy atom. The fourth-order valence-electron chi connectivity index (χ4n) is 3.46. The van der Waals surface area contributed by atoms with E-state index in [4.69, 9.17) is 16.0 Å². The Morgan fingerprint density at radius 3 is 2.35 bits per heavy atom. The summed E-state index contributed by atoms with van der Waals surface area (Å²) in [7, 11) is -3.53. The zero-order valence-corrected chi connectivity index (χ0v) is 18.3. The minimum Gasteiger partial charge on any atom is -0.441 e. The summed E-state index contributed by atoms with van der Waals surface area (Å²) in [5.41, 5.74) is 0.866. The summed E-state index contributed by atoms with van der Waals surface area (Å²) in [5, 5.41) is 0.644. The largest absolute Gasteiger partial charge is 0.441 e. The van der Waals surface area contributed by atoms with E-state index in [1.165, 1.54) is 4.31 Å². The van der Waals surface area contributed by atoms with Gasteiger partial charge in [0, 0.05) is 49.6 Å². The van der Waals surface area contributed by atoms with E-state index in [-0.39, 0.29) is 30.3 Å². The molecule has 1 fully saturated rings. The average molecular weight is 460 g/mol. The first-order chi connectivity index (χ1) is 14.9. The van der Waals surface area contributed by atoms with E-state index < -0.39 is 10.0 Å². The van der Waals surface area contributed by atoms with Gasteiger partial charge in [-0.3, -0.25) is 4.79 Å². The van der Waals surface area contributed by atoms with Crippen molar-refractivity contribution in [3.8, 4) is 11.3 Å². The number of piperazine rings is 1. The van der Waals surface area contributed by atoms with Crippen molar-refractivity contribution >= 4 is 27.5 Å². The van der Waals surface area contributed by atoms with Crippen molar-refractivity contribution in [2.75, 3.05) is 26.2 Å². The molecule has 0 aliphatic carbocycles. The van der Waals surface area contributed by atoms with E-state index in [2.05, 4.69) is 4.98 Å². The fourth-order valence-corrected chi connectivity index (χ4v) is 5.03. The number of hydrogen-bond acceptors (Lipinski definition) is 5. The number of oxazole rings is 1. The highest BCUT2D eigenvalue weighted by Gasteiger charge is 2.29. The topological polar surface area (TPSA) is 83.7 Å². The maximum Gasteiger partial charge on any atom is 0.243 e. The number of carbonyl (C=O) groups is 1. The number of nitrogens with zero attached hydrogens (tertiary/aromatic N) is 3. The minimum atomic E-state index is -3.53. The van der Waals surface area contributed by atoms with Crippen molar-refractivity contribution in [3.05, 3.63) is 71.7 Å². The normalized spacial score (nSPS) is 15.2. The molecule has 1 saturated heterocycles. The van der Waals surface area contributed by atoms with Crippen LogP contribution in [-0.4, -0.2) is 54.7 Å². The van der Waals surface area contributed by atoms with Gasteiger partial charge in [0.2, 0.25) is 15.9 Å². The number of benzene rings is 2. The molecule has 1 amide bonds. The fraction of sp³-hybridized carbons (Fsp3) is 0.273. The molecular formula is C22H22ClN3O4S. The van der Waals surface area contributed by atoms with Crippen molar-refractivity contribution in [2.24, 2.45) is 0 Å². The molecule has 2 aromatic carbocycles. The van der Waals surface area contributed by atoms with Crippen LogP contribution in [0.3, 0.4) is 0 Å². The van der Waals surface area contributed by atoms with E-state index in [0.717, 1.165) is 5.56 Å². The molecule has 7 nitrogen and oxygen atoms in total. The Bertz CT molecular complexity index is 1140. The molecule has 3 aromatic rings. The summed E-state index contributed by atoms with van der Waals surface area (Å²) in [6.45, 7) is 1.30. The molecule has 0 spiro atoms. The van der Waals surface area contributed by atoms with Crippen molar-refractivity contribution in [1.29, 1.82) is 0 Å². The highest BCUT2D eigenvalue weighted by Crippen LogP contribution is 2.23. The van der Waals surface area contributed by atoms with Crippen LogP contribution in [0.4, 0.5) is 0 Å². The molecule has 4 rings (SSSR count). The lowest BCUT2D eigenvalue weighted by Crippen LogP contribution is -2.50. The van der Waals surface area contributed by atoms with Crippen LogP contribution in [0, 0.1) is 0 Å². The van der Waals surface area contributed by atoms with Gasteiger partial charge in [-0.25, -0.2) is 13.4 Å². The standard InChI is InChI=1S/C22H22ClN3O4S/c23-18-8-6-17(7-9-18)20-16-24-21(30-20)10-11-22(27)25-12-14-26(15-13-25)31(28,29)19-4-2-1-3-5-19/h1-9,16H,10-15H2.